The number of rotatable bonds is 6. The first-order chi connectivity index (χ1) is 9.28. The van der Waals surface area contributed by atoms with Gasteiger partial charge in [0.25, 0.3) is 0 Å². The van der Waals surface area contributed by atoms with Gasteiger partial charge in [-0.25, -0.2) is 0 Å². The van der Waals surface area contributed by atoms with E-state index >= 15 is 0 Å². The van der Waals surface area contributed by atoms with Gasteiger partial charge in [0, 0.05) is 47.9 Å². The van der Waals surface area contributed by atoms with E-state index < -0.39 is 0 Å². The highest BCUT2D eigenvalue weighted by atomic mass is 35.5. The van der Waals surface area contributed by atoms with Crippen molar-refractivity contribution in [2.45, 2.75) is 38.4 Å². The predicted molar refractivity (Wildman–Crippen MR) is 78.5 cm³/mol. The number of aryl methyl sites for hydroxylation is 1. The van der Waals surface area contributed by atoms with Gasteiger partial charge >= 0.3 is 0 Å². The molecule has 1 aromatic heterocycles. The smallest absolute Gasteiger partial charge is 0.0498 e. The molecule has 1 heterocycles. The largest absolute Gasteiger partial charge is 0.396 e. The molecule has 0 radical (unpaired) electrons. The fourth-order valence-electron chi connectivity index (χ4n) is 2.45. The lowest BCUT2D eigenvalue weighted by atomic mass is 10.2. The van der Waals surface area contributed by atoms with Gasteiger partial charge in [0.1, 0.15) is 0 Å². The molecule has 4 heteroatoms. The highest BCUT2D eigenvalue weighted by Crippen LogP contribution is 2.26. The first-order valence-electron chi connectivity index (χ1n) is 6.89. The molecule has 1 aliphatic carbocycles. The Morgan fingerprint density at radius 1 is 1.37 bits per heavy atom. The molecule has 3 rings (SSSR count). The van der Waals surface area contributed by atoms with E-state index in [0.29, 0.717) is 6.04 Å². The fraction of sp³-hybridized carbons (Fsp3) is 0.467. The van der Waals surface area contributed by atoms with Crippen LogP contribution in [0.3, 0.4) is 0 Å². The molecule has 19 heavy (non-hydrogen) atoms. The number of halogens is 1. The maximum Gasteiger partial charge on any atom is 0.0498 e. The molecule has 0 saturated heterocycles. The summed E-state index contributed by atoms with van der Waals surface area (Å²) in [4.78, 5) is 0. The van der Waals surface area contributed by atoms with Crippen molar-refractivity contribution < 1.29 is 5.11 Å². The zero-order chi connectivity index (χ0) is 13.2. The van der Waals surface area contributed by atoms with Crippen molar-refractivity contribution in [1.29, 1.82) is 0 Å². The van der Waals surface area contributed by atoms with E-state index in [9.17, 15) is 0 Å². The Bertz CT molecular complexity index is 575. The van der Waals surface area contributed by atoms with E-state index in [1.807, 2.05) is 12.1 Å². The van der Waals surface area contributed by atoms with Crippen LogP contribution in [0.4, 0.5) is 0 Å². The molecule has 0 bridgehead atoms. The highest BCUT2D eigenvalue weighted by molar-refractivity contribution is 6.31. The summed E-state index contributed by atoms with van der Waals surface area (Å²) in [6.07, 6.45) is 5.56. The number of nitrogens with one attached hydrogen (secondary N) is 1. The lowest BCUT2D eigenvalue weighted by Gasteiger charge is -2.03. The second-order valence-electron chi connectivity index (χ2n) is 5.24. The lowest BCUT2D eigenvalue weighted by molar-refractivity contribution is 0.280. The number of benzene rings is 1. The van der Waals surface area contributed by atoms with Crippen LogP contribution in [-0.4, -0.2) is 22.3 Å². The number of hydrogen-bond acceptors (Lipinski definition) is 2. The van der Waals surface area contributed by atoms with Gasteiger partial charge in [0.2, 0.25) is 0 Å². The Hall–Kier alpha value is -1.03. The van der Waals surface area contributed by atoms with E-state index in [0.717, 1.165) is 30.0 Å². The number of fused-ring (bicyclic) bond motifs is 1. The maximum absolute atomic E-state index is 8.99. The summed E-state index contributed by atoms with van der Waals surface area (Å²) in [7, 11) is 0. The first-order valence-corrected chi connectivity index (χ1v) is 7.27. The van der Waals surface area contributed by atoms with Crippen LogP contribution >= 0.6 is 11.6 Å². The van der Waals surface area contributed by atoms with Crippen LogP contribution in [0.1, 0.15) is 24.8 Å². The van der Waals surface area contributed by atoms with Crippen LogP contribution in [0, 0.1) is 0 Å². The molecule has 0 amide bonds. The Labute approximate surface area is 118 Å². The van der Waals surface area contributed by atoms with Crippen LogP contribution in [0.25, 0.3) is 10.9 Å². The molecule has 1 aromatic carbocycles. The van der Waals surface area contributed by atoms with Gasteiger partial charge in [-0.3, -0.25) is 0 Å². The van der Waals surface area contributed by atoms with Gasteiger partial charge < -0.3 is 15.0 Å². The fourth-order valence-corrected chi connectivity index (χ4v) is 2.62. The number of aliphatic hydroxyl groups is 1. The monoisotopic (exact) mass is 278 g/mol. The molecule has 1 fully saturated rings. The van der Waals surface area contributed by atoms with Crippen LogP contribution < -0.4 is 5.32 Å². The topological polar surface area (TPSA) is 37.2 Å². The number of hydrogen-bond donors (Lipinski definition) is 2. The zero-order valence-corrected chi connectivity index (χ0v) is 11.7. The van der Waals surface area contributed by atoms with Gasteiger partial charge in [-0.1, -0.05) is 17.7 Å². The van der Waals surface area contributed by atoms with Gasteiger partial charge in [-0.05, 0) is 37.0 Å². The average molecular weight is 279 g/mol. The first kappa shape index (κ1) is 13.0. The van der Waals surface area contributed by atoms with Crippen molar-refractivity contribution in [3.63, 3.8) is 0 Å². The maximum atomic E-state index is 8.99. The Balaban J connectivity index is 1.91. The van der Waals surface area contributed by atoms with Crippen LogP contribution in [0.2, 0.25) is 5.02 Å². The number of aliphatic hydroxyl groups excluding tert-OH is 1. The summed E-state index contributed by atoms with van der Waals surface area (Å²) in [5.74, 6) is 0. The van der Waals surface area contributed by atoms with Gasteiger partial charge in [0.15, 0.2) is 0 Å². The molecule has 2 aromatic rings. The molecule has 0 spiro atoms. The Morgan fingerprint density at radius 2 is 2.21 bits per heavy atom. The minimum Gasteiger partial charge on any atom is -0.396 e. The standard InChI is InChI=1S/C15H19ClN2O/c16-12-2-5-14-11(9-17-13-3-4-13)10-18(6-1-7-19)15(14)8-12/h2,5,8,10,13,17,19H,1,3-4,6-7,9H2. The molecule has 0 atom stereocenters. The molecule has 2 N–H and O–H groups in total. The third-order valence-electron chi connectivity index (χ3n) is 3.64. The molecule has 3 nitrogen and oxygen atoms in total. The Morgan fingerprint density at radius 3 is 2.95 bits per heavy atom. The van der Waals surface area contributed by atoms with Crippen molar-refractivity contribution in [3.8, 4) is 0 Å². The summed E-state index contributed by atoms with van der Waals surface area (Å²) in [6, 6.07) is 6.76. The van der Waals surface area contributed by atoms with E-state index in [-0.39, 0.29) is 6.61 Å². The second kappa shape index (κ2) is 5.53. The lowest BCUT2D eigenvalue weighted by Crippen LogP contribution is -2.14. The van der Waals surface area contributed by atoms with Crippen molar-refractivity contribution in [3.05, 3.63) is 35.0 Å². The molecule has 0 aliphatic heterocycles. The van der Waals surface area contributed by atoms with Crippen molar-refractivity contribution >= 4 is 22.5 Å². The van der Waals surface area contributed by atoms with E-state index in [1.54, 1.807) is 0 Å². The molecule has 1 aliphatic rings. The van der Waals surface area contributed by atoms with Crippen LogP contribution in [-0.2, 0) is 13.1 Å². The summed E-state index contributed by atoms with van der Waals surface area (Å²) in [5, 5.41) is 14.6. The van der Waals surface area contributed by atoms with E-state index in [4.69, 9.17) is 16.7 Å². The highest BCUT2D eigenvalue weighted by Gasteiger charge is 2.20. The number of aromatic nitrogens is 1. The minimum atomic E-state index is 0.218. The minimum absolute atomic E-state index is 0.218. The van der Waals surface area contributed by atoms with Crippen LogP contribution in [0.15, 0.2) is 24.4 Å². The molecular weight excluding hydrogens is 260 g/mol. The molecular formula is C15H19ClN2O. The normalized spacial score (nSPS) is 15.3. The molecule has 102 valence electrons. The van der Waals surface area contributed by atoms with Gasteiger partial charge in [0.05, 0.1) is 0 Å². The molecule has 1 saturated carbocycles. The molecule has 0 unspecified atom stereocenters. The summed E-state index contributed by atoms with van der Waals surface area (Å²) < 4.78 is 2.20. The number of nitrogens with zero attached hydrogens (tertiary/aromatic N) is 1. The van der Waals surface area contributed by atoms with Crippen molar-refractivity contribution in [2.24, 2.45) is 0 Å². The van der Waals surface area contributed by atoms with E-state index in [1.165, 1.54) is 23.8 Å². The van der Waals surface area contributed by atoms with Crippen molar-refractivity contribution in [2.75, 3.05) is 6.61 Å². The third kappa shape index (κ3) is 2.94. The quantitative estimate of drug-likeness (QED) is 0.852. The summed E-state index contributed by atoms with van der Waals surface area (Å²) in [5.41, 5.74) is 2.48. The van der Waals surface area contributed by atoms with E-state index in [2.05, 4.69) is 22.1 Å². The summed E-state index contributed by atoms with van der Waals surface area (Å²) in [6.45, 7) is 1.96. The second-order valence-corrected chi connectivity index (χ2v) is 5.68. The Kier molecular flexibility index (Phi) is 3.78. The third-order valence-corrected chi connectivity index (χ3v) is 3.88. The van der Waals surface area contributed by atoms with Gasteiger partial charge in [-0.15, -0.1) is 0 Å². The van der Waals surface area contributed by atoms with Crippen LogP contribution in [0.5, 0.6) is 0 Å². The SMILES string of the molecule is OCCCn1cc(CNC2CC2)c2ccc(Cl)cc21. The predicted octanol–water partition coefficient (Wildman–Crippen LogP) is 2.93. The van der Waals surface area contributed by atoms with Crippen molar-refractivity contribution in [1.82, 2.24) is 9.88 Å². The van der Waals surface area contributed by atoms with Gasteiger partial charge in [-0.2, -0.15) is 0 Å². The zero-order valence-electron chi connectivity index (χ0n) is 10.9. The summed E-state index contributed by atoms with van der Waals surface area (Å²) >= 11 is 6.09. The average Bonchev–Trinajstić information content (AvgIpc) is 3.17.